The Morgan fingerprint density at radius 3 is 1.09 bits per heavy atom. The van der Waals surface area contributed by atoms with Crippen LogP contribution in [0.2, 0.25) is 0 Å². The zero-order valence-corrected chi connectivity index (χ0v) is 72.4. The molecular weight excluding hydrogens is 1500 g/mol. The van der Waals surface area contributed by atoms with Crippen LogP contribution in [0.1, 0.15) is 122 Å². The summed E-state index contributed by atoms with van der Waals surface area (Å²) in [7, 11) is 0. The number of rotatable bonds is 4. The lowest BCUT2D eigenvalue weighted by molar-refractivity contribution is 0.652. The molecule has 0 bridgehead atoms. The summed E-state index contributed by atoms with van der Waals surface area (Å²) in [6, 6.07) is 134. The van der Waals surface area contributed by atoms with Gasteiger partial charge in [0.15, 0.2) is 0 Å². The van der Waals surface area contributed by atoms with Gasteiger partial charge >= 0.3 is 0 Å². The molecule has 4 aliphatic rings. The van der Waals surface area contributed by atoms with Crippen molar-refractivity contribution in [1.29, 1.82) is 0 Å². The smallest absolute Gasteiger partial charge is 0.0562 e. The van der Waals surface area contributed by atoms with E-state index in [9.17, 15) is 0 Å². The molecule has 0 aliphatic heterocycles. The number of hydrogen-bond donors (Lipinski definition) is 0. The molecule has 0 N–H and O–H groups in total. The molecule has 0 fully saturated rings. The molecule has 4 heterocycles. The summed E-state index contributed by atoms with van der Waals surface area (Å²) in [6.07, 6.45) is 0. The van der Waals surface area contributed by atoms with Crippen molar-refractivity contribution >= 4 is 109 Å². The monoisotopic (exact) mass is 1590 g/mol. The lowest BCUT2D eigenvalue weighted by Gasteiger charge is -2.24. The van der Waals surface area contributed by atoms with Gasteiger partial charge in [0.05, 0.1) is 44.1 Å². The fraction of sp³-hybridized carbons (Fsp3) is 0.133. The molecule has 4 aliphatic carbocycles. The number of aromatic nitrogens is 4. The van der Waals surface area contributed by atoms with Gasteiger partial charge < -0.3 is 18.3 Å². The van der Waals surface area contributed by atoms with Gasteiger partial charge in [-0.3, -0.25) is 0 Å². The van der Waals surface area contributed by atoms with Crippen LogP contribution in [0.15, 0.2) is 364 Å². The van der Waals surface area contributed by atoms with Crippen molar-refractivity contribution in [3.63, 3.8) is 0 Å². The number of hydrogen-bond acceptors (Lipinski definition) is 0. The lowest BCUT2D eigenvalue weighted by Crippen LogP contribution is -2.17. The molecule has 4 aromatic heterocycles. The zero-order chi connectivity index (χ0) is 84.1. The van der Waals surface area contributed by atoms with Crippen LogP contribution in [-0.4, -0.2) is 18.3 Å². The molecule has 4 heteroatoms. The Hall–Kier alpha value is -14.3. The van der Waals surface area contributed by atoms with Crippen molar-refractivity contribution in [2.45, 2.75) is 105 Å². The minimum atomic E-state index is -0.0219. The maximum absolute atomic E-state index is 2.54. The fourth-order valence-electron chi connectivity index (χ4n) is 22.4. The van der Waals surface area contributed by atoms with E-state index in [0.717, 1.165) is 0 Å². The van der Waals surface area contributed by atoms with E-state index < -0.39 is 0 Å². The van der Waals surface area contributed by atoms with Crippen molar-refractivity contribution in [2.75, 3.05) is 0 Å². The Balaban J connectivity index is 0.0000000957. The standard InChI is InChI=1S/C33H28.C31H22N2.2C28H23N/c1-19-16-29-31(23-13-9-8-11-21(19)23)25-18-27-24(17-28(25)33(29,4)5)30-22-12-7-6-10-20(22)14-15-26(30)32(27,2)3;1-21-16-17-29-25(18-21)27-19-26-24-14-8-9-15-28(24)32(22-10-4-2-5-11-22)30(26)20-31(27)33(29)23-12-6-3-7-13-23;1-18-13-14-20-22-17-27-23(16-25(22)28(2,3)24(20)15-18)21-11-7-8-12-26(21)29(27)19-9-5-4-6-10-19;1-18-13-14-26-22(15-18)23-16-21-20-11-7-8-12-24(20)28(2,3)25(21)17-27(23)29(26)19-9-5-4-6-10-19/h6-18H,1-5H3;2-20H,1H3;2*4-17H,1-3H3. The average Bonchev–Trinajstić information content (AvgIpc) is 1.53. The first kappa shape index (κ1) is 74.7. The van der Waals surface area contributed by atoms with Crippen molar-refractivity contribution in [1.82, 2.24) is 18.3 Å². The second-order valence-electron chi connectivity index (χ2n) is 37.4. The lowest BCUT2D eigenvalue weighted by atomic mass is 9.79. The molecule has 0 radical (unpaired) electrons. The predicted octanol–water partition coefficient (Wildman–Crippen LogP) is 31.9. The summed E-state index contributed by atoms with van der Waals surface area (Å²) in [5.74, 6) is 0. The van der Waals surface area contributed by atoms with E-state index in [-0.39, 0.29) is 21.7 Å². The van der Waals surface area contributed by atoms with E-state index in [1.54, 1.807) is 0 Å². The third-order valence-corrected chi connectivity index (χ3v) is 28.6. The number of nitrogens with zero attached hydrogens (tertiary/aromatic N) is 4. The van der Waals surface area contributed by atoms with E-state index >= 15 is 0 Å². The summed E-state index contributed by atoms with van der Waals surface area (Å²) in [5, 5.41) is 15.9. The third kappa shape index (κ3) is 11.1. The van der Waals surface area contributed by atoms with Crippen molar-refractivity contribution < 1.29 is 0 Å². The highest BCUT2D eigenvalue weighted by Gasteiger charge is 2.44. The van der Waals surface area contributed by atoms with Gasteiger partial charge in [-0.15, -0.1) is 0 Å². The Morgan fingerprint density at radius 2 is 0.524 bits per heavy atom. The minimum absolute atomic E-state index is 0.00794. The maximum Gasteiger partial charge on any atom is 0.0562 e. The second kappa shape index (κ2) is 27.6. The molecule has 0 amide bonds. The molecule has 124 heavy (non-hydrogen) atoms. The first-order valence-corrected chi connectivity index (χ1v) is 44.0. The Kier molecular flexibility index (Phi) is 16.6. The van der Waals surface area contributed by atoms with Gasteiger partial charge in [0.25, 0.3) is 0 Å². The maximum atomic E-state index is 2.54. The van der Waals surface area contributed by atoms with E-state index in [1.807, 2.05) is 0 Å². The molecule has 0 saturated heterocycles. The fourth-order valence-corrected chi connectivity index (χ4v) is 22.4. The molecule has 18 aromatic carbocycles. The summed E-state index contributed by atoms with van der Waals surface area (Å²) in [4.78, 5) is 0. The number of para-hydroxylation sites is 6. The summed E-state index contributed by atoms with van der Waals surface area (Å²) in [5.41, 5.74) is 42.9. The predicted molar refractivity (Wildman–Crippen MR) is 527 cm³/mol. The van der Waals surface area contributed by atoms with E-state index in [0.29, 0.717) is 0 Å². The molecule has 0 spiro atoms. The normalized spacial score (nSPS) is 14.2. The molecule has 0 saturated carbocycles. The van der Waals surface area contributed by atoms with Crippen LogP contribution in [0.5, 0.6) is 0 Å². The molecule has 26 rings (SSSR count). The Bertz CT molecular complexity index is 8240. The first-order valence-electron chi connectivity index (χ1n) is 44.0. The van der Waals surface area contributed by atoms with Gasteiger partial charge in [-0.05, 0) is 277 Å². The van der Waals surface area contributed by atoms with Crippen LogP contribution >= 0.6 is 0 Å². The van der Waals surface area contributed by atoms with E-state index in [4.69, 9.17) is 0 Å². The Morgan fingerprint density at radius 1 is 0.169 bits per heavy atom. The SMILES string of the molecule is Cc1cc2c(c3ccccc13)-c1cc3c(cc1C2(C)C)-c1c(ccc2ccccc12)C3(C)C.Cc1ccc2c(c1)C(C)(C)c1cc3c4ccccc4n(-c4ccccc4)c3cc1-2.Cc1ccc2c(c1)c1cc3c(cc1n2-c1ccccc1)C(C)(C)c1ccccc1-3.Cc1ccc2c(c1)c1cc3c4ccccc4n(-c4ccccc4)c3cc1n2-c1ccccc1. The molecule has 0 unspecified atom stereocenters. The van der Waals surface area contributed by atoms with Gasteiger partial charge in [0.1, 0.15) is 0 Å². The van der Waals surface area contributed by atoms with Gasteiger partial charge in [-0.2, -0.15) is 0 Å². The zero-order valence-electron chi connectivity index (χ0n) is 72.4. The van der Waals surface area contributed by atoms with E-state index in [1.165, 1.54) is 243 Å². The number of benzene rings is 18. The van der Waals surface area contributed by atoms with Crippen LogP contribution in [0.25, 0.3) is 176 Å². The number of aryl methyl sites for hydroxylation is 4. The highest BCUT2D eigenvalue weighted by Crippen LogP contribution is 2.60. The topological polar surface area (TPSA) is 19.7 Å². The Labute approximate surface area is 724 Å². The van der Waals surface area contributed by atoms with Crippen LogP contribution in [0, 0.1) is 27.7 Å². The summed E-state index contributed by atoms with van der Waals surface area (Å²) in [6.45, 7) is 27.8. The first-order chi connectivity index (χ1) is 60.2. The van der Waals surface area contributed by atoms with Gasteiger partial charge in [-0.1, -0.05) is 303 Å². The molecular formula is C120H96N4. The van der Waals surface area contributed by atoms with Gasteiger partial charge in [-0.25, -0.2) is 0 Å². The van der Waals surface area contributed by atoms with Crippen molar-refractivity contribution in [2.24, 2.45) is 0 Å². The van der Waals surface area contributed by atoms with Crippen molar-refractivity contribution in [3.8, 4) is 67.3 Å². The van der Waals surface area contributed by atoms with Crippen LogP contribution in [0.3, 0.4) is 0 Å². The highest BCUT2D eigenvalue weighted by atomic mass is 15.0. The third-order valence-electron chi connectivity index (χ3n) is 28.6. The van der Waals surface area contributed by atoms with Gasteiger partial charge in [0, 0.05) is 87.5 Å². The van der Waals surface area contributed by atoms with Crippen LogP contribution < -0.4 is 0 Å². The quantitative estimate of drug-likeness (QED) is 0.167. The minimum Gasteiger partial charge on any atom is -0.309 e. The average molecular weight is 1590 g/mol. The van der Waals surface area contributed by atoms with Gasteiger partial charge in [0.2, 0.25) is 0 Å². The molecule has 0 atom stereocenters. The molecule has 22 aromatic rings. The van der Waals surface area contributed by atoms with Crippen LogP contribution in [-0.2, 0) is 21.7 Å². The number of fused-ring (bicyclic) bond motifs is 28. The highest BCUT2D eigenvalue weighted by molar-refractivity contribution is 6.20. The summed E-state index contributed by atoms with van der Waals surface area (Å²) < 4.78 is 9.62. The molecule has 596 valence electrons. The van der Waals surface area contributed by atoms with Crippen LogP contribution in [0.4, 0.5) is 0 Å². The van der Waals surface area contributed by atoms with E-state index in [2.05, 4.69) is 465 Å². The summed E-state index contributed by atoms with van der Waals surface area (Å²) >= 11 is 0. The van der Waals surface area contributed by atoms with Crippen molar-refractivity contribution in [3.05, 3.63) is 431 Å². The second-order valence-corrected chi connectivity index (χ2v) is 37.4. The largest absolute Gasteiger partial charge is 0.309 e. The molecule has 4 nitrogen and oxygen atoms in total.